The van der Waals surface area contributed by atoms with Gasteiger partial charge in [0.2, 0.25) is 0 Å². The van der Waals surface area contributed by atoms with Crippen molar-refractivity contribution in [2.75, 3.05) is 9.80 Å². The van der Waals surface area contributed by atoms with Crippen LogP contribution in [0, 0.1) is 18.8 Å². The molecule has 0 amide bonds. The summed E-state index contributed by atoms with van der Waals surface area (Å²) in [5, 5.41) is 0. The van der Waals surface area contributed by atoms with E-state index in [-0.39, 0.29) is 10.8 Å². The highest BCUT2D eigenvalue weighted by atomic mass is 15.2. The Balaban J connectivity index is 0.991. The van der Waals surface area contributed by atoms with Crippen LogP contribution in [0.3, 0.4) is 0 Å². The predicted octanol–water partition coefficient (Wildman–Crippen LogP) is 16.4. The van der Waals surface area contributed by atoms with Gasteiger partial charge < -0.3 is 9.80 Å². The molecule has 61 heavy (non-hydrogen) atoms. The third-order valence-electron chi connectivity index (χ3n) is 14.5. The zero-order valence-electron chi connectivity index (χ0n) is 35.9. The minimum Gasteiger partial charge on any atom is -0.311 e. The van der Waals surface area contributed by atoms with Crippen molar-refractivity contribution in [3.8, 4) is 11.1 Å². The van der Waals surface area contributed by atoms with E-state index < -0.39 is 0 Å². The maximum atomic E-state index is 4.02. The number of unbranched alkanes of at least 4 members (excludes halogenated alkanes) is 1. The van der Waals surface area contributed by atoms with E-state index in [1.165, 1.54) is 96.1 Å². The van der Waals surface area contributed by atoms with Crippen molar-refractivity contribution in [1.82, 2.24) is 0 Å². The maximum Gasteiger partial charge on any atom is 0.0463 e. The predicted molar refractivity (Wildman–Crippen MR) is 259 cm³/mol. The maximum absolute atomic E-state index is 4.02. The van der Waals surface area contributed by atoms with Crippen molar-refractivity contribution < 1.29 is 0 Å². The van der Waals surface area contributed by atoms with Crippen molar-refractivity contribution in [2.45, 2.75) is 82.5 Å². The molecular weight excluding hydrogens is 737 g/mol. The van der Waals surface area contributed by atoms with Gasteiger partial charge >= 0.3 is 0 Å². The zero-order valence-corrected chi connectivity index (χ0v) is 35.9. The number of rotatable bonds is 13. The Morgan fingerprint density at radius 3 is 1.39 bits per heavy atom. The quantitative estimate of drug-likeness (QED) is 0.115. The van der Waals surface area contributed by atoms with Gasteiger partial charge in [0.1, 0.15) is 0 Å². The third kappa shape index (κ3) is 7.63. The molecule has 4 aliphatic rings. The first-order chi connectivity index (χ1) is 29.9. The van der Waals surface area contributed by atoms with Gasteiger partial charge in [-0.3, -0.25) is 0 Å². The summed E-state index contributed by atoms with van der Waals surface area (Å²) in [6, 6.07) is 66.1. The number of hydrogen-bond donors (Lipinski definition) is 0. The number of benzene rings is 7. The second-order valence-electron chi connectivity index (χ2n) is 18.6. The molecule has 2 nitrogen and oxygen atoms in total. The second-order valence-corrected chi connectivity index (χ2v) is 18.6. The molecule has 2 atom stereocenters. The third-order valence-corrected chi connectivity index (χ3v) is 14.5. The first-order valence-corrected chi connectivity index (χ1v) is 22.8. The van der Waals surface area contributed by atoms with E-state index in [2.05, 4.69) is 206 Å². The van der Waals surface area contributed by atoms with E-state index >= 15 is 0 Å². The van der Waals surface area contributed by atoms with Crippen molar-refractivity contribution in [1.29, 1.82) is 0 Å². The lowest BCUT2D eigenvalue weighted by Gasteiger charge is -2.63. The Hall–Kier alpha value is -6.12. The average Bonchev–Trinajstić information content (AvgIpc) is 3.30. The van der Waals surface area contributed by atoms with E-state index in [1.54, 1.807) is 5.56 Å². The minimum atomic E-state index is 0.242. The molecule has 4 bridgehead atoms. The van der Waals surface area contributed by atoms with Crippen molar-refractivity contribution in [3.05, 3.63) is 210 Å². The molecule has 2 unspecified atom stereocenters. The molecule has 304 valence electrons. The van der Waals surface area contributed by atoms with E-state index in [4.69, 9.17) is 0 Å². The SMILES string of the molecule is C=Cc1ccc(C23CC4CC(C2)CC(c2ccc(N(c5ccc(CCCC)cc5)c5ccc(N(c6ccc(C)cc6)c6ccc(-c7ccccc7)cc6)cc5)cc2)(C4)C3)cc1. The van der Waals surface area contributed by atoms with Gasteiger partial charge in [-0.25, -0.2) is 0 Å². The molecule has 0 radical (unpaired) electrons. The van der Waals surface area contributed by atoms with Crippen LogP contribution in [0.4, 0.5) is 34.1 Å². The van der Waals surface area contributed by atoms with E-state index in [9.17, 15) is 0 Å². The Bertz CT molecular complexity index is 2550. The van der Waals surface area contributed by atoms with Gasteiger partial charge in [0.25, 0.3) is 0 Å². The lowest BCUT2D eigenvalue weighted by Crippen LogP contribution is -2.55. The highest BCUT2D eigenvalue weighted by molar-refractivity contribution is 5.82. The smallest absolute Gasteiger partial charge is 0.0463 e. The van der Waals surface area contributed by atoms with Crippen molar-refractivity contribution in [2.24, 2.45) is 11.8 Å². The van der Waals surface area contributed by atoms with Gasteiger partial charge in [-0.1, -0.05) is 135 Å². The van der Waals surface area contributed by atoms with Crippen molar-refractivity contribution >= 4 is 40.2 Å². The van der Waals surface area contributed by atoms with Gasteiger partial charge in [0.15, 0.2) is 0 Å². The normalized spacial score (nSPS) is 21.3. The highest BCUT2D eigenvalue weighted by Gasteiger charge is 2.58. The van der Waals surface area contributed by atoms with Crippen LogP contribution in [0.5, 0.6) is 0 Å². The molecule has 0 aliphatic heterocycles. The van der Waals surface area contributed by atoms with Crippen LogP contribution in [-0.2, 0) is 17.3 Å². The van der Waals surface area contributed by atoms with E-state index in [0.29, 0.717) is 0 Å². The number of aryl methyl sites for hydroxylation is 2. The number of nitrogens with zero attached hydrogens (tertiary/aromatic N) is 2. The zero-order chi connectivity index (χ0) is 41.4. The standard InChI is InChI=1S/C59H58N2/c1-4-6-10-45-17-27-53(28-18-45)61(55-31-23-51(24-32-55)59-40-46-37-47(41-59)39-58(38-46,42-59)50-21-15-44(5-2)16-22-50)57-35-33-56(34-36-57)60(52-25-13-43(3)14-26-52)54-29-19-49(20-30-54)48-11-8-7-9-12-48/h5,7-9,11-36,46-47H,2,4,6,10,37-42H2,1,3H3. The van der Waals surface area contributed by atoms with E-state index in [1.807, 2.05) is 6.08 Å². The molecule has 7 aromatic carbocycles. The summed E-state index contributed by atoms with van der Waals surface area (Å²) in [6.07, 6.45) is 13.5. The largest absolute Gasteiger partial charge is 0.311 e. The summed E-state index contributed by atoms with van der Waals surface area (Å²) in [7, 11) is 0. The monoisotopic (exact) mass is 794 g/mol. The van der Waals surface area contributed by atoms with Crippen LogP contribution >= 0.6 is 0 Å². The van der Waals surface area contributed by atoms with Crippen LogP contribution in [0.2, 0.25) is 0 Å². The molecule has 4 saturated carbocycles. The minimum absolute atomic E-state index is 0.242. The summed E-state index contributed by atoms with van der Waals surface area (Å²) >= 11 is 0. The van der Waals surface area contributed by atoms with Gasteiger partial charge in [-0.2, -0.15) is 0 Å². The van der Waals surface area contributed by atoms with Crippen LogP contribution < -0.4 is 9.80 Å². The van der Waals surface area contributed by atoms with Crippen LogP contribution in [-0.4, -0.2) is 0 Å². The number of hydrogen-bond acceptors (Lipinski definition) is 2. The van der Waals surface area contributed by atoms with Gasteiger partial charge in [0.05, 0.1) is 0 Å². The molecule has 4 fully saturated rings. The highest BCUT2D eigenvalue weighted by Crippen LogP contribution is 2.66. The lowest BCUT2D eigenvalue weighted by atomic mass is 9.42. The number of anilines is 6. The average molecular weight is 795 g/mol. The molecule has 0 heterocycles. The Labute approximate surface area is 364 Å². The van der Waals surface area contributed by atoms with Crippen LogP contribution in [0.15, 0.2) is 183 Å². The molecule has 2 heteroatoms. The summed E-state index contributed by atoms with van der Waals surface area (Å²) in [5.74, 6) is 1.62. The molecule has 0 saturated heterocycles. The summed E-state index contributed by atoms with van der Waals surface area (Å²) in [5.41, 5.74) is 16.9. The molecule has 0 spiro atoms. The summed E-state index contributed by atoms with van der Waals surface area (Å²) in [4.78, 5) is 4.82. The first-order valence-electron chi connectivity index (χ1n) is 22.8. The topological polar surface area (TPSA) is 6.48 Å². The Kier molecular flexibility index (Phi) is 10.5. The molecule has 0 aromatic heterocycles. The van der Waals surface area contributed by atoms with Crippen LogP contribution in [0.25, 0.3) is 17.2 Å². The van der Waals surface area contributed by atoms with E-state index in [0.717, 1.165) is 41.0 Å². The summed E-state index contributed by atoms with van der Waals surface area (Å²) in [6.45, 7) is 8.44. The Morgan fingerprint density at radius 1 is 0.508 bits per heavy atom. The fraction of sp³-hybridized carbons (Fsp3) is 0.254. The van der Waals surface area contributed by atoms with Gasteiger partial charge in [-0.15, -0.1) is 0 Å². The van der Waals surface area contributed by atoms with Gasteiger partial charge in [0, 0.05) is 34.1 Å². The lowest BCUT2D eigenvalue weighted by molar-refractivity contribution is -0.0281. The van der Waals surface area contributed by atoms with Crippen molar-refractivity contribution in [3.63, 3.8) is 0 Å². The molecule has 7 aromatic rings. The second kappa shape index (κ2) is 16.4. The molecule has 0 N–H and O–H groups in total. The Morgan fingerprint density at radius 2 is 0.918 bits per heavy atom. The fourth-order valence-electron chi connectivity index (χ4n) is 11.8. The van der Waals surface area contributed by atoms with Gasteiger partial charge in [-0.05, 0) is 187 Å². The first kappa shape index (κ1) is 39.0. The molecule has 11 rings (SSSR count). The summed E-state index contributed by atoms with van der Waals surface area (Å²) < 4.78 is 0. The fourth-order valence-corrected chi connectivity index (χ4v) is 11.8. The molecular formula is C59H58N2. The van der Waals surface area contributed by atoms with Crippen LogP contribution in [0.1, 0.15) is 86.1 Å². The molecule has 4 aliphatic carbocycles.